The van der Waals surface area contributed by atoms with E-state index in [9.17, 15) is 4.79 Å². The van der Waals surface area contributed by atoms with Crippen molar-refractivity contribution in [2.45, 2.75) is 38.6 Å². The first-order valence-corrected chi connectivity index (χ1v) is 7.83. The maximum atomic E-state index is 11.7. The molecule has 0 unspecified atom stereocenters. The molecule has 1 heterocycles. The molecule has 5 heteroatoms. The number of carbonyl (C=O) groups excluding carboxylic acids is 1. The van der Waals surface area contributed by atoms with Gasteiger partial charge in [-0.2, -0.15) is 0 Å². The molecule has 0 aliphatic heterocycles. The highest BCUT2D eigenvalue weighted by Crippen LogP contribution is 2.46. The summed E-state index contributed by atoms with van der Waals surface area (Å²) in [6, 6.07) is 2.45. The molecule has 2 aliphatic rings. The standard InChI is InChI=1S/C14H20N2O2S/c1-2-18-14(17)13-10(15)7-11(19-13)16-12(8-3-4-8)9-5-6-9/h7-9,12,16H,2-6,15H2,1H3. The molecule has 0 aromatic carbocycles. The molecule has 4 nitrogen and oxygen atoms in total. The monoisotopic (exact) mass is 280 g/mol. The van der Waals surface area contributed by atoms with Crippen molar-refractivity contribution in [1.82, 2.24) is 0 Å². The van der Waals surface area contributed by atoms with Crippen LogP contribution in [-0.2, 0) is 4.74 Å². The first-order valence-electron chi connectivity index (χ1n) is 7.02. The molecule has 3 rings (SSSR count). The van der Waals surface area contributed by atoms with E-state index in [0.29, 0.717) is 23.2 Å². The van der Waals surface area contributed by atoms with Gasteiger partial charge in [0, 0.05) is 6.04 Å². The quantitative estimate of drug-likeness (QED) is 0.786. The van der Waals surface area contributed by atoms with Crippen molar-refractivity contribution >= 4 is 28.0 Å². The normalized spacial score (nSPS) is 18.6. The summed E-state index contributed by atoms with van der Waals surface area (Å²) >= 11 is 1.42. The highest BCUT2D eigenvalue weighted by atomic mass is 32.1. The first kappa shape index (κ1) is 12.8. The van der Waals surface area contributed by atoms with Crippen LogP contribution in [0.25, 0.3) is 0 Å². The number of nitrogens with two attached hydrogens (primary N) is 1. The number of anilines is 2. The molecular formula is C14H20N2O2S. The van der Waals surface area contributed by atoms with E-state index < -0.39 is 0 Å². The molecule has 0 amide bonds. The van der Waals surface area contributed by atoms with Gasteiger partial charge in [0.25, 0.3) is 0 Å². The second kappa shape index (κ2) is 5.04. The Bertz CT molecular complexity index is 466. The van der Waals surface area contributed by atoms with Gasteiger partial charge in [-0.05, 0) is 50.5 Å². The van der Waals surface area contributed by atoms with Crippen LogP contribution in [0.4, 0.5) is 10.7 Å². The van der Waals surface area contributed by atoms with Gasteiger partial charge in [-0.3, -0.25) is 0 Å². The van der Waals surface area contributed by atoms with Crippen molar-refractivity contribution in [2.75, 3.05) is 17.7 Å². The van der Waals surface area contributed by atoms with E-state index in [-0.39, 0.29) is 5.97 Å². The van der Waals surface area contributed by atoms with E-state index in [1.807, 2.05) is 6.07 Å². The van der Waals surface area contributed by atoms with Crippen LogP contribution in [0.3, 0.4) is 0 Å². The van der Waals surface area contributed by atoms with Crippen LogP contribution in [0.2, 0.25) is 0 Å². The lowest BCUT2D eigenvalue weighted by molar-refractivity contribution is 0.0533. The Morgan fingerprint density at radius 1 is 1.47 bits per heavy atom. The van der Waals surface area contributed by atoms with Crippen LogP contribution in [0.1, 0.15) is 42.3 Å². The van der Waals surface area contributed by atoms with Gasteiger partial charge >= 0.3 is 5.97 Å². The molecule has 2 saturated carbocycles. The Balaban J connectivity index is 1.70. The van der Waals surface area contributed by atoms with Gasteiger partial charge in [0.15, 0.2) is 0 Å². The maximum Gasteiger partial charge on any atom is 0.350 e. The SMILES string of the molecule is CCOC(=O)c1sc(NC(C2CC2)C2CC2)cc1N. The molecule has 0 radical (unpaired) electrons. The summed E-state index contributed by atoms with van der Waals surface area (Å²) in [6.45, 7) is 2.18. The summed E-state index contributed by atoms with van der Waals surface area (Å²) in [6.07, 6.45) is 5.33. The van der Waals surface area contributed by atoms with Gasteiger partial charge in [-0.25, -0.2) is 4.79 Å². The minimum atomic E-state index is -0.313. The van der Waals surface area contributed by atoms with Crippen molar-refractivity contribution in [3.05, 3.63) is 10.9 Å². The lowest BCUT2D eigenvalue weighted by atomic mass is 10.1. The second-order valence-corrected chi connectivity index (χ2v) is 6.51. The number of hydrogen-bond acceptors (Lipinski definition) is 5. The summed E-state index contributed by atoms with van der Waals surface area (Å²) in [5, 5.41) is 4.60. The van der Waals surface area contributed by atoms with E-state index in [1.54, 1.807) is 6.92 Å². The predicted molar refractivity (Wildman–Crippen MR) is 77.5 cm³/mol. The summed E-state index contributed by atoms with van der Waals surface area (Å²) in [4.78, 5) is 12.3. The third kappa shape index (κ3) is 2.86. The fraction of sp³-hybridized carbons (Fsp3) is 0.643. The number of nitrogen functional groups attached to an aromatic ring is 1. The van der Waals surface area contributed by atoms with Crippen molar-refractivity contribution < 1.29 is 9.53 Å². The molecule has 1 aromatic rings. The number of esters is 1. The zero-order chi connectivity index (χ0) is 13.4. The largest absolute Gasteiger partial charge is 0.462 e. The van der Waals surface area contributed by atoms with Crippen molar-refractivity contribution in [2.24, 2.45) is 11.8 Å². The zero-order valence-electron chi connectivity index (χ0n) is 11.1. The van der Waals surface area contributed by atoms with Gasteiger partial charge in [-0.15, -0.1) is 11.3 Å². The van der Waals surface area contributed by atoms with E-state index in [2.05, 4.69) is 5.32 Å². The topological polar surface area (TPSA) is 64.3 Å². The molecule has 0 atom stereocenters. The Kier molecular flexibility index (Phi) is 3.39. The van der Waals surface area contributed by atoms with Crippen LogP contribution < -0.4 is 11.1 Å². The second-order valence-electron chi connectivity index (χ2n) is 5.46. The van der Waals surface area contributed by atoms with Gasteiger partial charge < -0.3 is 15.8 Å². The smallest absolute Gasteiger partial charge is 0.350 e. The molecule has 0 spiro atoms. The van der Waals surface area contributed by atoms with Crippen LogP contribution in [0.15, 0.2) is 6.07 Å². The Labute approximate surface area is 117 Å². The fourth-order valence-corrected chi connectivity index (χ4v) is 3.45. The van der Waals surface area contributed by atoms with E-state index in [0.717, 1.165) is 16.8 Å². The molecule has 2 aliphatic carbocycles. The number of rotatable bonds is 6. The third-order valence-corrected chi connectivity index (χ3v) is 4.85. The molecule has 2 fully saturated rings. The van der Waals surface area contributed by atoms with Crippen LogP contribution in [-0.4, -0.2) is 18.6 Å². The highest BCUT2D eigenvalue weighted by Gasteiger charge is 2.41. The number of thiophene rings is 1. The molecule has 1 aromatic heterocycles. The van der Waals surface area contributed by atoms with E-state index >= 15 is 0 Å². The summed E-state index contributed by atoms with van der Waals surface area (Å²) in [5.41, 5.74) is 6.43. The van der Waals surface area contributed by atoms with Crippen LogP contribution in [0.5, 0.6) is 0 Å². The Hall–Kier alpha value is -1.23. The number of nitrogens with one attached hydrogen (secondary N) is 1. The van der Waals surface area contributed by atoms with Crippen molar-refractivity contribution in [1.29, 1.82) is 0 Å². The molecule has 3 N–H and O–H groups in total. The maximum absolute atomic E-state index is 11.7. The lowest BCUT2D eigenvalue weighted by Crippen LogP contribution is -2.23. The molecular weight excluding hydrogens is 260 g/mol. The number of carbonyl (C=O) groups is 1. The fourth-order valence-electron chi connectivity index (χ4n) is 2.53. The summed E-state index contributed by atoms with van der Waals surface area (Å²) in [7, 11) is 0. The number of ether oxygens (including phenoxy) is 1. The van der Waals surface area contributed by atoms with E-state index in [4.69, 9.17) is 10.5 Å². The van der Waals surface area contributed by atoms with Gasteiger partial charge in [0.05, 0.1) is 17.3 Å². The molecule has 19 heavy (non-hydrogen) atoms. The van der Waals surface area contributed by atoms with Gasteiger partial charge in [0.1, 0.15) is 4.88 Å². The minimum Gasteiger partial charge on any atom is -0.462 e. The molecule has 104 valence electrons. The average Bonchev–Trinajstić information content (AvgIpc) is 3.25. The van der Waals surface area contributed by atoms with Crippen molar-refractivity contribution in [3.8, 4) is 0 Å². The molecule has 0 saturated heterocycles. The Morgan fingerprint density at radius 3 is 2.63 bits per heavy atom. The zero-order valence-corrected chi connectivity index (χ0v) is 12.0. The van der Waals surface area contributed by atoms with Gasteiger partial charge in [-0.1, -0.05) is 0 Å². The average molecular weight is 280 g/mol. The van der Waals surface area contributed by atoms with E-state index in [1.165, 1.54) is 37.0 Å². The van der Waals surface area contributed by atoms with Crippen LogP contribution in [0, 0.1) is 11.8 Å². The minimum absolute atomic E-state index is 0.313. The highest BCUT2D eigenvalue weighted by molar-refractivity contribution is 7.18. The third-order valence-electron chi connectivity index (χ3n) is 3.79. The summed E-state index contributed by atoms with van der Waals surface area (Å²) < 4.78 is 5.01. The lowest BCUT2D eigenvalue weighted by Gasteiger charge is -2.17. The summed E-state index contributed by atoms with van der Waals surface area (Å²) in [5.74, 6) is 1.33. The molecule has 0 bridgehead atoms. The van der Waals surface area contributed by atoms with Crippen LogP contribution >= 0.6 is 11.3 Å². The van der Waals surface area contributed by atoms with Crippen molar-refractivity contribution in [3.63, 3.8) is 0 Å². The first-order chi connectivity index (χ1) is 9.19. The predicted octanol–water partition coefficient (Wildman–Crippen LogP) is 3.11. The van der Waals surface area contributed by atoms with Gasteiger partial charge in [0.2, 0.25) is 0 Å². The number of hydrogen-bond donors (Lipinski definition) is 2. The Morgan fingerprint density at radius 2 is 2.11 bits per heavy atom.